The summed E-state index contributed by atoms with van der Waals surface area (Å²) in [4.78, 5) is 46.9. The van der Waals surface area contributed by atoms with Crippen LogP contribution in [0.25, 0.3) is 11.0 Å². The summed E-state index contributed by atoms with van der Waals surface area (Å²) in [6.07, 6.45) is 7.73. The van der Waals surface area contributed by atoms with E-state index in [-0.39, 0.29) is 42.1 Å². The molecular formula is C21H24N4O3S. The fourth-order valence-electron chi connectivity index (χ4n) is 4.06. The fraction of sp³-hybridized carbons (Fsp3) is 0.429. The van der Waals surface area contributed by atoms with E-state index in [4.69, 9.17) is 0 Å². The molecule has 0 spiro atoms. The number of nitrogens with one attached hydrogen (secondary N) is 2. The maximum atomic E-state index is 12.7. The van der Waals surface area contributed by atoms with Gasteiger partial charge in [0.2, 0.25) is 17.7 Å². The number of carbonyl (C=O) groups excluding carboxylic acids is 3. The fourth-order valence-corrected chi connectivity index (χ4v) is 4.53. The Morgan fingerprint density at radius 3 is 2.59 bits per heavy atom. The van der Waals surface area contributed by atoms with Crippen LogP contribution in [0.2, 0.25) is 0 Å². The number of hydrogen-bond acceptors (Lipinski definition) is 5. The van der Waals surface area contributed by atoms with Crippen LogP contribution in [0.4, 0.5) is 0 Å². The average Bonchev–Trinajstić information content (AvgIpc) is 3.27. The van der Waals surface area contributed by atoms with Crippen LogP contribution in [-0.2, 0) is 14.4 Å². The molecule has 1 fully saturated rings. The number of imidazole rings is 1. The molecule has 2 aromatic rings. The molecule has 8 heteroatoms. The number of benzene rings is 1. The highest BCUT2D eigenvalue weighted by molar-refractivity contribution is 7.98. The van der Waals surface area contributed by atoms with E-state index in [0.29, 0.717) is 25.1 Å². The third-order valence-electron chi connectivity index (χ3n) is 5.58. The lowest BCUT2D eigenvalue weighted by molar-refractivity contribution is -0.143. The second kappa shape index (κ2) is 8.41. The van der Waals surface area contributed by atoms with Crippen molar-refractivity contribution < 1.29 is 14.4 Å². The minimum Gasteiger partial charge on any atom is -0.345 e. The molecule has 2 N–H and O–H groups in total. The smallest absolute Gasteiger partial charge is 0.240 e. The molecule has 29 heavy (non-hydrogen) atoms. The lowest BCUT2D eigenvalue weighted by Gasteiger charge is -2.19. The molecule has 1 saturated heterocycles. The molecule has 1 aliphatic carbocycles. The molecule has 3 atom stereocenters. The third-order valence-corrected chi connectivity index (χ3v) is 6.23. The highest BCUT2D eigenvalue weighted by Crippen LogP contribution is 2.34. The van der Waals surface area contributed by atoms with Gasteiger partial charge in [-0.2, -0.15) is 11.8 Å². The number of aromatic amines is 1. The zero-order valence-electron chi connectivity index (χ0n) is 16.3. The van der Waals surface area contributed by atoms with Crippen LogP contribution in [0.15, 0.2) is 36.4 Å². The van der Waals surface area contributed by atoms with E-state index in [0.717, 1.165) is 21.7 Å². The second-order valence-electron chi connectivity index (χ2n) is 7.46. The molecule has 7 nitrogen and oxygen atoms in total. The molecule has 1 aromatic carbocycles. The van der Waals surface area contributed by atoms with Gasteiger partial charge < -0.3 is 10.3 Å². The van der Waals surface area contributed by atoms with Gasteiger partial charge in [-0.3, -0.25) is 19.3 Å². The molecule has 0 bridgehead atoms. The average molecular weight is 413 g/mol. The lowest BCUT2D eigenvalue weighted by atomic mass is 9.85. The number of H-pyrrole nitrogens is 1. The van der Waals surface area contributed by atoms with Crippen LogP contribution >= 0.6 is 11.8 Å². The van der Waals surface area contributed by atoms with E-state index in [1.165, 1.54) is 0 Å². The van der Waals surface area contributed by atoms with E-state index in [9.17, 15) is 14.4 Å². The van der Waals surface area contributed by atoms with Gasteiger partial charge in [-0.05, 0) is 43.4 Å². The van der Waals surface area contributed by atoms with Gasteiger partial charge in [0.15, 0.2) is 0 Å². The molecule has 152 valence electrons. The number of aromatic nitrogens is 2. The minimum absolute atomic E-state index is 0.232. The summed E-state index contributed by atoms with van der Waals surface area (Å²) < 4.78 is 0. The Hall–Kier alpha value is -2.61. The van der Waals surface area contributed by atoms with Crippen LogP contribution < -0.4 is 5.32 Å². The van der Waals surface area contributed by atoms with Crippen molar-refractivity contribution in [3.63, 3.8) is 0 Å². The van der Waals surface area contributed by atoms with Crippen molar-refractivity contribution in [2.45, 2.75) is 25.3 Å². The number of allylic oxidation sites excluding steroid dienone is 2. The van der Waals surface area contributed by atoms with Crippen LogP contribution in [0.1, 0.15) is 31.1 Å². The zero-order chi connectivity index (χ0) is 20.4. The SMILES string of the molecule is CSCC[C@H](NC(=O)CN1C(=O)[C@H]2CC=CC[C@@H]2C1=O)c1nc2ccccc2[nH]1. The number of amides is 3. The van der Waals surface area contributed by atoms with E-state index < -0.39 is 0 Å². The monoisotopic (exact) mass is 412 g/mol. The Kier molecular flexibility index (Phi) is 5.71. The first-order valence-electron chi connectivity index (χ1n) is 9.81. The first kappa shape index (κ1) is 19.7. The van der Waals surface area contributed by atoms with Gasteiger partial charge in [-0.15, -0.1) is 0 Å². The standard InChI is InChI=1S/C21H24N4O3S/c1-29-11-10-17(19-23-15-8-4-5-9-16(15)24-19)22-18(26)12-25-20(27)13-6-2-3-7-14(13)21(25)28/h2-5,8-9,13-14,17H,6-7,10-12H2,1H3,(H,22,26)(H,23,24)/t13-,14-,17-/m0/s1. The van der Waals surface area contributed by atoms with Crippen molar-refractivity contribution >= 4 is 40.5 Å². The van der Waals surface area contributed by atoms with Crippen molar-refractivity contribution in [3.8, 4) is 0 Å². The number of carbonyl (C=O) groups is 3. The van der Waals surface area contributed by atoms with Gasteiger partial charge in [0.1, 0.15) is 12.4 Å². The number of hydrogen-bond donors (Lipinski definition) is 2. The number of para-hydroxylation sites is 2. The van der Waals surface area contributed by atoms with E-state index >= 15 is 0 Å². The summed E-state index contributed by atoms with van der Waals surface area (Å²) in [6.45, 7) is -0.235. The molecule has 1 aliphatic heterocycles. The number of nitrogens with zero attached hydrogens (tertiary/aromatic N) is 2. The Bertz CT molecular complexity index is 911. The number of thioether (sulfide) groups is 1. The Morgan fingerprint density at radius 1 is 1.24 bits per heavy atom. The molecule has 0 unspecified atom stereocenters. The van der Waals surface area contributed by atoms with Gasteiger partial charge in [0, 0.05) is 0 Å². The topological polar surface area (TPSA) is 95.2 Å². The predicted octanol–water partition coefficient (Wildman–Crippen LogP) is 2.42. The number of rotatable bonds is 7. The first-order valence-corrected chi connectivity index (χ1v) is 11.2. The van der Waals surface area contributed by atoms with Crippen molar-refractivity contribution in [1.29, 1.82) is 0 Å². The number of imide groups is 1. The van der Waals surface area contributed by atoms with Crippen LogP contribution in [0.3, 0.4) is 0 Å². The van der Waals surface area contributed by atoms with Crippen molar-refractivity contribution in [1.82, 2.24) is 20.2 Å². The van der Waals surface area contributed by atoms with Crippen LogP contribution in [-0.4, -0.2) is 51.1 Å². The highest BCUT2D eigenvalue weighted by Gasteiger charge is 2.47. The normalized spacial score (nSPS) is 22.2. The molecule has 0 saturated carbocycles. The Morgan fingerprint density at radius 2 is 1.93 bits per heavy atom. The van der Waals surface area contributed by atoms with E-state index in [1.807, 2.05) is 42.7 Å². The Balaban J connectivity index is 1.47. The van der Waals surface area contributed by atoms with E-state index in [2.05, 4.69) is 15.3 Å². The minimum atomic E-state index is -0.343. The molecular weight excluding hydrogens is 388 g/mol. The van der Waals surface area contributed by atoms with Crippen molar-refractivity contribution in [3.05, 3.63) is 42.2 Å². The summed E-state index contributed by atoms with van der Waals surface area (Å²) in [6, 6.07) is 7.40. The van der Waals surface area contributed by atoms with Gasteiger partial charge in [-0.25, -0.2) is 4.98 Å². The second-order valence-corrected chi connectivity index (χ2v) is 8.44. The summed E-state index contributed by atoms with van der Waals surface area (Å²) in [5.74, 6) is 0.0912. The zero-order valence-corrected chi connectivity index (χ0v) is 17.1. The lowest BCUT2D eigenvalue weighted by Crippen LogP contribution is -2.42. The summed E-state index contributed by atoms with van der Waals surface area (Å²) in [7, 11) is 0. The van der Waals surface area contributed by atoms with Crippen molar-refractivity contribution in [2.24, 2.45) is 11.8 Å². The van der Waals surface area contributed by atoms with Gasteiger partial charge >= 0.3 is 0 Å². The van der Waals surface area contributed by atoms with Crippen LogP contribution in [0.5, 0.6) is 0 Å². The third kappa shape index (κ3) is 3.94. The van der Waals surface area contributed by atoms with Crippen LogP contribution in [0, 0.1) is 11.8 Å². The van der Waals surface area contributed by atoms with Crippen molar-refractivity contribution in [2.75, 3.05) is 18.6 Å². The Labute approximate surface area is 173 Å². The maximum Gasteiger partial charge on any atom is 0.240 e. The molecule has 4 rings (SSSR count). The predicted molar refractivity (Wildman–Crippen MR) is 112 cm³/mol. The largest absolute Gasteiger partial charge is 0.345 e. The quantitative estimate of drug-likeness (QED) is 0.538. The summed E-state index contributed by atoms with van der Waals surface area (Å²) in [5.41, 5.74) is 1.75. The first-order chi connectivity index (χ1) is 14.1. The highest BCUT2D eigenvalue weighted by atomic mass is 32.2. The van der Waals surface area contributed by atoms with E-state index in [1.54, 1.807) is 11.8 Å². The molecule has 3 amide bonds. The molecule has 0 radical (unpaired) electrons. The molecule has 1 aromatic heterocycles. The summed E-state index contributed by atoms with van der Waals surface area (Å²) >= 11 is 1.69. The number of likely N-dealkylation sites (tertiary alicyclic amines) is 1. The summed E-state index contributed by atoms with van der Waals surface area (Å²) in [5, 5.41) is 2.97. The molecule has 2 heterocycles. The number of fused-ring (bicyclic) bond motifs is 2. The maximum absolute atomic E-state index is 12.7. The van der Waals surface area contributed by atoms with Gasteiger partial charge in [0.25, 0.3) is 0 Å². The molecule has 2 aliphatic rings. The van der Waals surface area contributed by atoms with Gasteiger partial charge in [0.05, 0.1) is 28.9 Å². The van der Waals surface area contributed by atoms with Gasteiger partial charge in [-0.1, -0.05) is 24.3 Å².